The maximum Gasteiger partial charge on any atom is 0.0374 e. The number of aryl methyl sites for hydroxylation is 1. The van der Waals surface area contributed by atoms with E-state index in [2.05, 4.69) is 42.7 Å². The van der Waals surface area contributed by atoms with Crippen LogP contribution in [0.3, 0.4) is 0 Å². The molecule has 2 rings (SSSR count). The minimum absolute atomic E-state index is 1.06. The highest BCUT2D eigenvalue weighted by molar-refractivity contribution is 7.17. The summed E-state index contributed by atoms with van der Waals surface area (Å²) >= 11 is 1.87. The normalized spacial score (nSPS) is 11.1. The summed E-state index contributed by atoms with van der Waals surface area (Å²) in [7, 11) is 0. The van der Waals surface area contributed by atoms with Crippen LogP contribution in [0.4, 0.5) is 0 Å². The Kier molecular flexibility index (Phi) is 3.39. The average molecular weight is 219 g/mol. The van der Waals surface area contributed by atoms with Crippen molar-refractivity contribution < 1.29 is 0 Å². The number of likely N-dealkylation sites (N-methyl/N-ethyl adjacent to an activating group) is 1. The molecule has 0 radical (unpaired) electrons. The van der Waals surface area contributed by atoms with Gasteiger partial charge in [-0.15, -0.1) is 11.3 Å². The highest BCUT2D eigenvalue weighted by atomic mass is 32.1. The summed E-state index contributed by atoms with van der Waals surface area (Å²) in [5.41, 5.74) is 2.88. The first-order valence-corrected chi connectivity index (χ1v) is 6.37. The Morgan fingerprint density at radius 1 is 1.33 bits per heavy atom. The van der Waals surface area contributed by atoms with Gasteiger partial charge in [-0.05, 0) is 48.3 Å². The summed E-state index contributed by atoms with van der Waals surface area (Å²) in [5.74, 6) is 0. The molecule has 0 atom stereocenters. The van der Waals surface area contributed by atoms with E-state index in [0.717, 1.165) is 19.5 Å². The summed E-state index contributed by atoms with van der Waals surface area (Å²) < 4.78 is 1.45. The van der Waals surface area contributed by atoms with Crippen molar-refractivity contribution in [2.45, 2.75) is 20.3 Å². The van der Waals surface area contributed by atoms with Crippen LogP contribution < -0.4 is 5.32 Å². The molecule has 1 nitrogen and oxygen atoms in total. The predicted molar refractivity (Wildman–Crippen MR) is 68.8 cm³/mol. The van der Waals surface area contributed by atoms with Crippen molar-refractivity contribution in [3.8, 4) is 0 Å². The summed E-state index contributed by atoms with van der Waals surface area (Å²) in [6.45, 7) is 6.47. The highest BCUT2D eigenvalue weighted by Gasteiger charge is 2.04. The van der Waals surface area contributed by atoms with Crippen molar-refractivity contribution in [3.05, 3.63) is 34.7 Å². The Morgan fingerprint density at radius 2 is 2.20 bits per heavy atom. The lowest BCUT2D eigenvalue weighted by Gasteiger charge is -2.01. The molecule has 0 aliphatic carbocycles. The molecular weight excluding hydrogens is 202 g/mol. The van der Waals surface area contributed by atoms with E-state index in [0.29, 0.717) is 0 Å². The second-order valence-electron chi connectivity index (χ2n) is 3.82. The molecule has 0 unspecified atom stereocenters. The van der Waals surface area contributed by atoms with Crippen LogP contribution >= 0.6 is 11.3 Å². The molecule has 0 aliphatic heterocycles. The minimum Gasteiger partial charge on any atom is -0.317 e. The highest BCUT2D eigenvalue weighted by Crippen LogP contribution is 2.28. The molecule has 80 valence electrons. The van der Waals surface area contributed by atoms with Gasteiger partial charge in [0.05, 0.1) is 0 Å². The van der Waals surface area contributed by atoms with Gasteiger partial charge >= 0.3 is 0 Å². The fraction of sp³-hybridized carbons (Fsp3) is 0.385. The second-order valence-corrected chi connectivity index (χ2v) is 4.70. The molecule has 0 aliphatic rings. The monoisotopic (exact) mass is 219 g/mol. The summed E-state index contributed by atoms with van der Waals surface area (Å²) in [4.78, 5) is 0. The first-order chi connectivity index (χ1) is 7.33. The standard InChI is InChI=1S/C13H17NS/c1-3-14-8-7-11-9-15-13-10(2)5-4-6-12(11)13/h4-6,9,14H,3,7-8H2,1-2H3. The molecule has 2 heteroatoms. The Hall–Kier alpha value is -0.860. The molecule has 15 heavy (non-hydrogen) atoms. The summed E-state index contributed by atoms with van der Waals surface area (Å²) in [6.07, 6.45) is 1.14. The van der Waals surface area contributed by atoms with Gasteiger partial charge in [0.25, 0.3) is 0 Å². The first-order valence-electron chi connectivity index (χ1n) is 5.49. The van der Waals surface area contributed by atoms with E-state index in [9.17, 15) is 0 Å². The molecule has 2 aromatic rings. The van der Waals surface area contributed by atoms with E-state index < -0.39 is 0 Å². The van der Waals surface area contributed by atoms with E-state index >= 15 is 0 Å². The average Bonchev–Trinajstić information content (AvgIpc) is 2.64. The lowest BCUT2D eigenvalue weighted by atomic mass is 10.1. The number of hydrogen-bond donors (Lipinski definition) is 1. The third kappa shape index (κ3) is 2.21. The van der Waals surface area contributed by atoms with Gasteiger partial charge in [-0.25, -0.2) is 0 Å². The Labute approximate surface area is 95.1 Å². The van der Waals surface area contributed by atoms with Crippen molar-refractivity contribution in [2.24, 2.45) is 0 Å². The number of rotatable bonds is 4. The molecule has 1 heterocycles. The lowest BCUT2D eigenvalue weighted by molar-refractivity contribution is 0.719. The maximum atomic E-state index is 3.37. The van der Waals surface area contributed by atoms with Crippen molar-refractivity contribution in [3.63, 3.8) is 0 Å². The third-order valence-corrected chi connectivity index (χ3v) is 3.88. The zero-order chi connectivity index (χ0) is 10.7. The van der Waals surface area contributed by atoms with Gasteiger partial charge in [0.2, 0.25) is 0 Å². The van der Waals surface area contributed by atoms with E-state index in [1.54, 1.807) is 0 Å². The number of benzene rings is 1. The second kappa shape index (κ2) is 4.77. The van der Waals surface area contributed by atoms with Gasteiger partial charge in [0.15, 0.2) is 0 Å². The van der Waals surface area contributed by atoms with Crippen LogP contribution in [-0.4, -0.2) is 13.1 Å². The van der Waals surface area contributed by atoms with Gasteiger partial charge in [0.1, 0.15) is 0 Å². The van der Waals surface area contributed by atoms with Crippen LogP contribution in [0.2, 0.25) is 0 Å². The molecule has 1 N–H and O–H groups in total. The lowest BCUT2D eigenvalue weighted by Crippen LogP contribution is -2.15. The van der Waals surface area contributed by atoms with Crippen LogP contribution in [0, 0.1) is 6.92 Å². The molecule has 0 amide bonds. The summed E-state index contributed by atoms with van der Waals surface area (Å²) in [5, 5.41) is 7.11. The maximum absolute atomic E-state index is 3.37. The van der Waals surface area contributed by atoms with E-state index in [-0.39, 0.29) is 0 Å². The largest absolute Gasteiger partial charge is 0.317 e. The predicted octanol–water partition coefficient (Wildman–Crippen LogP) is 3.36. The van der Waals surface area contributed by atoms with Crippen molar-refractivity contribution in [1.82, 2.24) is 5.32 Å². The van der Waals surface area contributed by atoms with Gasteiger partial charge < -0.3 is 5.32 Å². The minimum atomic E-state index is 1.06. The third-order valence-electron chi connectivity index (χ3n) is 2.70. The SMILES string of the molecule is CCNCCc1csc2c(C)cccc12. The number of thiophene rings is 1. The van der Waals surface area contributed by atoms with Crippen LogP contribution in [0.15, 0.2) is 23.6 Å². The van der Waals surface area contributed by atoms with Crippen molar-refractivity contribution in [2.75, 3.05) is 13.1 Å². The first kappa shape index (κ1) is 10.7. The Bertz CT molecular complexity index is 445. The molecule has 0 saturated carbocycles. The van der Waals surface area contributed by atoms with Gasteiger partial charge in [-0.3, -0.25) is 0 Å². The molecule has 0 saturated heterocycles. The van der Waals surface area contributed by atoms with Crippen LogP contribution in [0.5, 0.6) is 0 Å². The molecule has 1 aromatic carbocycles. The molecule has 0 fully saturated rings. The van der Waals surface area contributed by atoms with Gasteiger partial charge in [-0.2, -0.15) is 0 Å². The quantitative estimate of drug-likeness (QED) is 0.777. The van der Waals surface area contributed by atoms with E-state index in [1.165, 1.54) is 21.2 Å². The van der Waals surface area contributed by atoms with Crippen LogP contribution in [-0.2, 0) is 6.42 Å². The van der Waals surface area contributed by atoms with Gasteiger partial charge in [-0.1, -0.05) is 25.1 Å². The number of hydrogen-bond acceptors (Lipinski definition) is 2. The fourth-order valence-electron chi connectivity index (χ4n) is 1.85. The number of nitrogens with one attached hydrogen (secondary N) is 1. The van der Waals surface area contributed by atoms with Crippen LogP contribution in [0.1, 0.15) is 18.1 Å². The zero-order valence-electron chi connectivity index (χ0n) is 9.34. The molecule has 0 spiro atoms. The molecular formula is C13H17NS. The fourth-order valence-corrected chi connectivity index (χ4v) is 2.93. The molecule has 1 aromatic heterocycles. The van der Waals surface area contributed by atoms with Crippen LogP contribution in [0.25, 0.3) is 10.1 Å². The Balaban J connectivity index is 2.25. The molecule has 0 bridgehead atoms. The number of fused-ring (bicyclic) bond motifs is 1. The Morgan fingerprint density at radius 3 is 3.00 bits per heavy atom. The zero-order valence-corrected chi connectivity index (χ0v) is 10.2. The van der Waals surface area contributed by atoms with E-state index in [4.69, 9.17) is 0 Å². The van der Waals surface area contributed by atoms with Gasteiger partial charge in [0, 0.05) is 4.70 Å². The van der Waals surface area contributed by atoms with E-state index in [1.807, 2.05) is 11.3 Å². The van der Waals surface area contributed by atoms with Crippen molar-refractivity contribution in [1.29, 1.82) is 0 Å². The topological polar surface area (TPSA) is 12.0 Å². The van der Waals surface area contributed by atoms with Crippen molar-refractivity contribution >= 4 is 21.4 Å². The smallest absolute Gasteiger partial charge is 0.0374 e. The summed E-state index contributed by atoms with van der Waals surface area (Å²) in [6, 6.07) is 6.58.